The van der Waals surface area contributed by atoms with Gasteiger partial charge in [-0.1, -0.05) is 12.1 Å². The molecule has 2 aromatic rings. The predicted octanol–water partition coefficient (Wildman–Crippen LogP) is 1.69. The van der Waals surface area contributed by atoms with Gasteiger partial charge in [0.15, 0.2) is 6.20 Å². The number of carbonyl (C=O) groups is 1. The maximum atomic E-state index is 11.9. The molecule has 0 aliphatic heterocycles. The quantitative estimate of drug-likeness (QED) is 0.811. The highest BCUT2D eigenvalue weighted by Gasteiger charge is 2.32. The number of fused-ring (bicyclic) bond motifs is 1. The molecule has 0 saturated heterocycles. The second-order valence-electron chi connectivity index (χ2n) is 4.66. The lowest BCUT2D eigenvalue weighted by Gasteiger charge is -2.02. The van der Waals surface area contributed by atoms with Gasteiger partial charge in [0.05, 0.1) is 11.1 Å². The van der Waals surface area contributed by atoms with Crippen LogP contribution in [0.5, 0.6) is 0 Å². The lowest BCUT2D eigenvalue weighted by atomic mass is 10.1. The van der Waals surface area contributed by atoms with E-state index in [0.29, 0.717) is 18.2 Å². The Kier molecular flexibility index (Phi) is 2.32. The Balaban J connectivity index is 2.03. The van der Waals surface area contributed by atoms with E-state index in [0.717, 1.165) is 29.4 Å². The van der Waals surface area contributed by atoms with E-state index in [2.05, 4.69) is 0 Å². The molecule has 3 rings (SSSR count). The van der Waals surface area contributed by atoms with Crippen molar-refractivity contribution in [1.82, 2.24) is 0 Å². The number of hydrogen-bond donors (Lipinski definition) is 1. The van der Waals surface area contributed by atoms with Gasteiger partial charge in [-0.15, -0.1) is 0 Å². The second kappa shape index (κ2) is 3.84. The Morgan fingerprint density at radius 1 is 1.29 bits per heavy atom. The SMILES string of the molecule is Nc1cc[n+](CC(=O)C2CC2)c2ccccc12. The molecule has 1 saturated carbocycles. The second-order valence-corrected chi connectivity index (χ2v) is 4.66. The Bertz CT molecular complexity index is 588. The van der Waals surface area contributed by atoms with Crippen LogP contribution in [-0.4, -0.2) is 5.78 Å². The van der Waals surface area contributed by atoms with E-state index in [1.54, 1.807) is 0 Å². The molecule has 0 amide bonds. The van der Waals surface area contributed by atoms with Crippen molar-refractivity contribution in [2.24, 2.45) is 5.92 Å². The van der Waals surface area contributed by atoms with Crippen molar-refractivity contribution in [3.05, 3.63) is 36.5 Å². The summed E-state index contributed by atoms with van der Waals surface area (Å²) in [7, 11) is 0. The maximum Gasteiger partial charge on any atom is 0.214 e. The highest BCUT2D eigenvalue weighted by atomic mass is 16.1. The summed E-state index contributed by atoms with van der Waals surface area (Å²) < 4.78 is 1.99. The van der Waals surface area contributed by atoms with Crippen LogP contribution in [0.1, 0.15) is 12.8 Å². The molecular weight excluding hydrogens is 212 g/mol. The van der Waals surface area contributed by atoms with Gasteiger partial charge in [-0.05, 0) is 18.9 Å². The van der Waals surface area contributed by atoms with Crippen LogP contribution < -0.4 is 10.3 Å². The molecule has 0 spiro atoms. The maximum absolute atomic E-state index is 11.9. The number of para-hydroxylation sites is 1. The number of ketones is 1. The monoisotopic (exact) mass is 227 g/mol. The van der Waals surface area contributed by atoms with Gasteiger partial charge in [0.1, 0.15) is 0 Å². The molecule has 0 unspecified atom stereocenters. The van der Waals surface area contributed by atoms with Crippen molar-refractivity contribution in [2.45, 2.75) is 19.4 Å². The number of hydrogen-bond acceptors (Lipinski definition) is 2. The van der Waals surface area contributed by atoms with Crippen LogP contribution in [0.25, 0.3) is 10.9 Å². The van der Waals surface area contributed by atoms with E-state index < -0.39 is 0 Å². The molecule has 1 aromatic carbocycles. The Hall–Kier alpha value is -1.90. The summed E-state index contributed by atoms with van der Waals surface area (Å²) in [5.74, 6) is 0.642. The van der Waals surface area contributed by atoms with Gasteiger partial charge in [-0.2, -0.15) is 4.57 Å². The summed E-state index contributed by atoms with van der Waals surface area (Å²) in [6, 6.07) is 9.79. The highest BCUT2D eigenvalue weighted by molar-refractivity contribution is 5.88. The van der Waals surface area contributed by atoms with Crippen LogP contribution >= 0.6 is 0 Å². The van der Waals surface area contributed by atoms with Crippen LogP contribution in [-0.2, 0) is 11.3 Å². The van der Waals surface area contributed by atoms with E-state index >= 15 is 0 Å². The van der Waals surface area contributed by atoms with Crippen LogP contribution in [0.15, 0.2) is 36.5 Å². The van der Waals surface area contributed by atoms with E-state index in [1.807, 2.05) is 41.1 Å². The molecule has 1 aliphatic carbocycles. The fourth-order valence-corrected chi connectivity index (χ4v) is 2.15. The molecule has 86 valence electrons. The molecular formula is C14H15N2O+. The summed E-state index contributed by atoms with van der Waals surface area (Å²) in [5, 5.41) is 1.01. The first kappa shape index (κ1) is 10.3. The first-order valence-electron chi connectivity index (χ1n) is 5.95. The Morgan fingerprint density at radius 3 is 2.82 bits per heavy atom. The molecule has 3 nitrogen and oxygen atoms in total. The normalized spacial score (nSPS) is 15.1. The number of nitrogens with zero attached hydrogens (tertiary/aromatic N) is 1. The van der Waals surface area contributed by atoms with Gasteiger partial charge in [-0.25, -0.2) is 0 Å². The first-order valence-corrected chi connectivity index (χ1v) is 5.95. The van der Waals surface area contributed by atoms with E-state index in [9.17, 15) is 4.79 Å². The van der Waals surface area contributed by atoms with Crippen LogP contribution in [0, 0.1) is 5.92 Å². The van der Waals surface area contributed by atoms with Crippen LogP contribution in [0.2, 0.25) is 0 Å². The summed E-state index contributed by atoms with van der Waals surface area (Å²) in [6.45, 7) is 0.464. The molecule has 2 N–H and O–H groups in total. The van der Waals surface area contributed by atoms with Crippen molar-refractivity contribution in [2.75, 3.05) is 5.73 Å². The number of Topliss-reactive ketones (excluding diaryl/α,β-unsaturated/α-hetero) is 1. The average molecular weight is 227 g/mol. The third-order valence-corrected chi connectivity index (χ3v) is 3.32. The zero-order valence-corrected chi connectivity index (χ0v) is 9.60. The minimum absolute atomic E-state index is 0.304. The van der Waals surface area contributed by atoms with Gasteiger partial charge in [-0.3, -0.25) is 4.79 Å². The van der Waals surface area contributed by atoms with Crippen molar-refractivity contribution < 1.29 is 9.36 Å². The van der Waals surface area contributed by atoms with Crippen molar-refractivity contribution in [3.63, 3.8) is 0 Å². The Morgan fingerprint density at radius 2 is 2.06 bits per heavy atom. The topological polar surface area (TPSA) is 47.0 Å². The Labute approximate surface area is 99.9 Å². The van der Waals surface area contributed by atoms with Crippen molar-refractivity contribution >= 4 is 22.4 Å². The van der Waals surface area contributed by atoms with Gasteiger partial charge in [0.25, 0.3) is 0 Å². The number of carbonyl (C=O) groups excluding carboxylic acids is 1. The van der Waals surface area contributed by atoms with Gasteiger partial charge >= 0.3 is 0 Å². The minimum atomic E-state index is 0.304. The van der Waals surface area contributed by atoms with E-state index in [4.69, 9.17) is 5.73 Å². The van der Waals surface area contributed by atoms with Crippen LogP contribution in [0.4, 0.5) is 5.69 Å². The van der Waals surface area contributed by atoms with Crippen LogP contribution in [0.3, 0.4) is 0 Å². The number of rotatable bonds is 3. The predicted molar refractivity (Wildman–Crippen MR) is 66.3 cm³/mol. The molecule has 1 aliphatic rings. The highest BCUT2D eigenvalue weighted by Crippen LogP contribution is 2.29. The van der Waals surface area contributed by atoms with E-state index in [1.165, 1.54) is 0 Å². The molecule has 0 radical (unpaired) electrons. The van der Waals surface area contributed by atoms with Crippen molar-refractivity contribution in [3.8, 4) is 0 Å². The fourth-order valence-electron chi connectivity index (χ4n) is 2.15. The number of pyridine rings is 1. The lowest BCUT2D eigenvalue weighted by Crippen LogP contribution is -2.39. The van der Waals surface area contributed by atoms with Gasteiger partial charge in [0.2, 0.25) is 17.8 Å². The molecule has 0 atom stereocenters. The zero-order chi connectivity index (χ0) is 11.8. The summed E-state index contributed by atoms with van der Waals surface area (Å²) in [5.41, 5.74) is 7.72. The number of aromatic nitrogens is 1. The summed E-state index contributed by atoms with van der Waals surface area (Å²) in [6.07, 6.45) is 4.02. The molecule has 0 bridgehead atoms. The largest absolute Gasteiger partial charge is 0.398 e. The van der Waals surface area contributed by atoms with Gasteiger partial charge < -0.3 is 5.73 Å². The zero-order valence-electron chi connectivity index (χ0n) is 9.60. The van der Waals surface area contributed by atoms with Gasteiger partial charge in [0, 0.05) is 18.1 Å². The number of nitrogen functional groups attached to an aromatic ring is 1. The fraction of sp³-hybridized carbons (Fsp3) is 0.286. The number of benzene rings is 1. The molecule has 1 aromatic heterocycles. The third-order valence-electron chi connectivity index (χ3n) is 3.32. The van der Waals surface area contributed by atoms with E-state index in [-0.39, 0.29) is 0 Å². The lowest BCUT2D eigenvalue weighted by molar-refractivity contribution is -0.658. The molecule has 1 heterocycles. The molecule has 1 fully saturated rings. The molecule has 17 heavy (non-hydrogen) atoms. The minimum Gasteiger partial charge on any atom is -0.398 e. The molecule has 3 heteroatoms. The standard InChI is InChI=1S/C14H14N2O/c15-12-7-8-16(9-14(17)10-5-6-10)13-4-2-1-3-11(12)13/h1-4,7-8,10,15H,5-6,9H2/p+1. The first-order chi connectivity index (χ1) is 8.25. The summed E-state index contributed by atoms with van der Waals surface area (Å²) >= 11 is 0. The number of nitrogens with two attached hydrogens (primary N) is 1. The summed E-state index contributed by atoms with van der Waals surface area (Å²) in [4.78, 5) is 11.9. The number of anilines is 1. The smallest absolute Gasteiger partial charge is 0.214 e. The average Bonchev–Trinajstić information content (AvgIpc) is 3.17. The third kappa shape index (κ3) is 1.88. The van der Waals surface area contributed by atoms with Crippen molar-refractivity contribution in [1.29, 1.82) is 0 Å².